The number of imide groups is 1. The van der Waals surface area contributed by atoms with Gasteiger partial charge in [-0.05, 0) is 24.3 Å². The zero-order valence-corrected chi connectivity index (χ0v) is 11.5. The molecule has 0 saturated carbocycles. The van der Waals surface area contributed by atoms with E-state index in [1.165, 1.54) is 0 Å². The number of aliphatic hydroxyl groups is 1. The van der Waals surface area contributed by atoms with Crippen LogP contribution in [0.15, 0.2) is 36.4 Å². The van der Waals surface area contributed by atoms with Gasteiger partial charge in [-0.1, -0.05) is 12.2 Å². The van der Waals surface area contributed by atoms with Crippen LogP contribution in [0.5, 0.6) is 0 Å². The number of hydrogen-bond donors (Lipinski definition) is 1. The lowest BCUT2D eigenvalue weighted by Crippen LogP contribution is -2.43. The molecule has 6 heteroatoms. The number of aliphatic hydroxyl groups excluding tert-OH is 1. The SMILES string of the molecule is N#Cc1ccc(N2C(=O)[C@H]3[C@@H]4C=C[C@@](CO)(O4)[C@@H]3C2=O)cc1. The van der Waals surface area contributed by atoms with Crippen molar-refractivity contribution in [3.63, 3.8) is 0 Å². The van der Waals surface area contributed by atoms with Crippen molar-refractivity contribution in [3.05, 3.63) is 42.0 Å². The molecule has 0 radical (unpaired) electrons. The monoisotopic (exact) mass is 296 g/mol. The quantitative estimate of drug-likeness (QED) is 0.628. The normalized spacial score (nSPS) is 35.1. The molecule has 110 valence electrons. The molecule has 0 unspecified atom stereocenters. The van der Waals surface area contributed by atoms with Gasteiger partial charge in [0.1, 0.15) is 5.60 Å². The first-order chi connectivity index (χ1) is 10.6. The van der Waals surface area contributed by atoms with Crippen LogP contribution in [0.1, 0.15) is 5.56 Å². The van der Waals surface area contributed by atoms with Crippen LogP contribution in [-0.2, 0) is 14.3 Å². The maximum Gasteiger partial charge on any atom is 0.241 e. The minimum Gasteiger partial charge on any atom is -0.393 e. The van der Waals surface area contributed by atoms with E-state index in [1.54, 1.807) is 36.4 Å². The van der Waals surface area contributed by atoms with Crippen molar-refractivity contribution in [2.75, 3.05) is 11.5 Å². The summed E-state index contributed by atoms with van der Waals surface area (Å²) in [5.74, 6) is -1.94. The van der Waals surface area contributed by atoms with Crippen LogP contribution in [0.25, 0.3) is 0 Å². The third kappa shape index (κ3) is 1.44. The highest BCUT2D eigenvalue weighted by atomic mass is 16.5. The van der Waals surface area contributed by atoms with Gasteiger partial charge in [0.15, 0.2) is 0 Å². The molecular formula is C16H12N2O4. The van der Waals surface area contributed by atoms with E-state index in [2.05, 4.69) is 0 Å². The topological polar surface area (TPSA) is 90.6 Å². The van der Waals surface area contributed by atoms with Gasteiger partial charge in [-0.15, -0.1) is 0 Å². The Labute approximate surface area is 126 Å². The third-order valence-corrected chi connectivity index (χ3v) is 4.66. The second-order valence-electron chi connectivity index (χ2n) is 5.73. The number of ether oxygens (including phenoxy) is 1. The van der Waals surface area contributed by atoms with Crippen molar-refractivity contribution in [2.45, 2.75) is 11.7 Å². The number of carbonyl (C=O) groups is 2. The second kappa shape index (κ2) is 4.26. The smallest absolute Gasteiger partial charge is 0.241 e. The molecule has 3 aliphatic rings. The number of nitriles is 1. The Balaban J connectivity index is 1.74. The fraction of sp³-hybridized carbons (Fsp3) is 0.312. The zero-order chi connectivity index (χ0) is 15.5. The fourth-order valence-electron chi connectivity index (χ4n) is 3.62. The molecule has 2 bridgehead atoms. The van der Waals surface area contributed by atoms with Crippen molar-refractivity contribution in [1.82, 2.24) is 0 Å². The molecule has 1 aromatic rings. The van der Waals surface area contributed by atoms with Crippen LogP contribution < -0.4 is 4.90 Å². The largest absolute Gasteiger partial charge is 0.393 e. The van der Waals surface area contributed by atoms with Gasteiger partial charge in [-0.25, -0.2) is 4.90 Å². The van der Waals surface area contributed by atoms with Crippen LogP contribution in [0.4, 0.5) is 5.69 Å². The van der Waals surface area contributed by atoms with Gasteiger partial charge in [0.05, 0.1) is 41.9 Å². The summed E-state index contributed by atoms with van der Waals surface area (Å²) >= 11 is 0. The third-order valence-electron chi connectivity index (χ3n) is 4.66. The number of benzene rings is 1. The highest BCUT2D eigenvalue weighted by Gasteiger charge is 2.67. The molecule has 3 aliphatic heterocycles. The highest BCUT2D eigenvalue weighted by molar-refractivity contribution is 6.23. The lowest BCUT2D eigenvalue weighted by molar-refractivity contribution is -0.128. The van der Waals surface area contributed by atoms with Gasteiger partial charge in [0.2, 0.25) is 11.8 Å². The average molecular weight is 296 g/mol. The molecule has 2 amide bonds. The fourth-order valence-corrected chi connectivity index (χ4v) is 3.62. The molecule has 4 atom stereocenters. The molecule has 3 heterocycles. The summed E-state index contributed by atoms with van der Waals surface area (Å²) in [4.78, 5) is 26.5. The maximum atomic E-state index is 12.7. The second-order valence-corrected chi connectivity index (χ2v) is 5.73. The van der Waals surface area contributed by atoms with Crippen LogP contribution in [0.2, 0.25) is 0 Å². The summed E-state index contributed by atoms with van der Waals surface area (Å²) in [6.07, 6.45) is 2.97. The summed E-state index contributed by atoms with van der Waals surface area (Å²) in [6.45, 7) is -0.332. The van der Waals surface area contributed by atoms with Crippen molar-refractivity contribution in [1.29, 1.82) is 5.26 Å². The number of nitrogens with zero attached hydrogens (tertiary/aromatic N) is 2. The van der Waals surface area contributed by atoms with Crippen LogP contribution in [-0.4, -0.2) is 35.2 Å². The Hall–Kier alpha value is -2.49. The summed E-state index contributed by atoms with van der Waals surface area (Å²) in [6, 6.07) is 8.29. The van der Waals surface area contributed by atoms with Crippen molar-refractivity contribution in [3.8, 4) is 6.07 Å². The Bertz CT molecular complexity index is 748. The van der Waals surface area contributed by atoms with E-state index >= 15 is 0 Å². The highest BCUT2D eigenvalue weighted by Crippen LogP contribution is 2.52. The Morgan fingerprint density at radius 1 is 1.27 bits per heavy atom. The summed E-state index contributed by atoms with van der Waals surface area (Å²) in [7, 11) is 0. The van der Waals surface area contributed by atoms with E-state index < -0.39 is 23.5 Å². The van der Waals surface area contributed by atoms with Gasteiger partial charge < -0.3 is 9.84 Å². The first-order valence-electron chi connectivity index (χ1n) is 6.97. The molecule has 1 N–H and O–H groups in total. The van der Waals surface area contributed by atoms with E-state index in [4.69, 9.17) is 10.00 Å². The number of hydrogen-bond acceptors (Lipinski definition) is 5. The number of rotatable bonds is 2. The summed E-state index contributed by atoms with van der Waals surface area (Å²) in [5, 5.41) is 18.4. The van der Waals surface area contributed by atoms with E-state index in [0.29, 0.717) is 11.3 Å². The predicted molar refractivity (Wildman–Crippen MR) is 74.5 cm³/mol. The van der Waals surface area contributed by atoms with E-state index in [9.17, 15) is 14.7 Å². The Morgan fingerprint density at radius 3 is 2.64 bits per heavy atom. The molecule has 2 saturated heterocycles. The van der Waals surface area contributed by atoms with E-state index in [1.807, 2.05) is 6.07 Å². The number of fused-ring (bicyclic) bond motifs is 5. The Morgan fingerprint density at radius 2 is 2.00 bits per heavy atom. The molecular weight excluding hydrogens is 284 g/mol. The van der Waals surface area contributed by atoms with Crippen LogP contribution >= 0.6 is 0 Å². The summed E-state index contributed by atoms with van der Waals surface area (Å²) < 4.78 is 5.67. The first kappa shape index (κ1) is 13.2. The minimum absolute atomic E-state index is 0.315. The van der Waals surface area contributed by atoms with Crippen LogP contribution in [0, 0.1) is 23.2 Å². The first-order valence-corrected chi connectivity index (χ1v) is 6.97. The molecule has 4 rings (SSSR count). The average Bonchev–Trinajstić information content (AvgIpc) is 3.19. The van der Waals surface area contributed by atoms with Gasteiger partial charge in [-0.3, -0.25) is 9.59 Å². The number of carbonyl (C=O) groups excluding carboxylic acids is 2. The number of amides is 2. The lowest BCUT2D eigenvalue weighted by Gasteiger charge is -2.26. The van der Waals surface area contributed by atoms with E-state index in [-0.39, 0.29) is 18.4 Å². The van der Waals surface area contributed by atoms with E-state index in [0.717, 1.165) is 4.90 Å². The molecule has 2 fully saturated rings. The van der Waals surface area contributed by atoms with Crippen molar-refractivity contribution in [2.24, 2.45) is 11.8 Å². The maximum absolute atomic E-state index is 12.7. The minimum atomic E-state index is -1.08. The zero-order valence-electron chi connectivity index (χ0n) is 11.5. The molecule has 0 aliphatic carbocycles. The molecule has 22 heavy (non-hydrogen) atoms. The lowest BCUT2D eigenvalue weighted by atomic mass is 9.77. The van der Waals surface area contributed by atoms with Gasteiger partial charge in [-0.2, -0.15) is 5.26 Å². The predicted octanol–water partition coefficient (Wildman–Crippen LogP) is 0.364. The number of anilines is 1. The van der Waals surface area contributed by atoms with Crippen molar-refractivity contribution < 1.29 is 19.4 Å². The van der Waals surface area contributed by atoms with Gasteiger partial charge in [0.25, 0.3) is 0 Å². The van der Waals surface area contributed by atoms with Crippen molar-refractivity contribution >= 4 is 17.5 Å². The molecule has 6 nitrogen and oxygen atoms in total. The summed E-state index contributed by atoms with van der Waals surface area (Å²) in [5.41, 5.74) is -0.181. The molecule has 0 aromatic heterocycles. The molecule has 1 aromatic carbocycles. The van der Waals surface area contributed by atoms with Gasteiger partial charge in [0, 0.05) is 0 Å². The Kier molecular flexibility index (Phi) is 2.55. The standard InChI is InChI=1S/C16H12N2O4/c17-7-9-1-3-10(4-2-9)18-14(20)12-11-5-6-16(8-19,22-11)13(12)15(18)21/h1-6,11-13,19H,8H2/t11-,12-,13-,16-/m0/s1. The molecule has 0 spiro atoms. The van der Waals surface area contributed by atoms with Gasteiger partial charge >= 0.3 is 0 Å². The van der Waals surface area contributed by atoms with Crippen LogP contribution in [0.3, 0.4) is 0 Å².